The fourth-order valence-corrected chi connectivity index (χ4v) is 3.69. The number of anilines is 3. The molecular weight excluding hydrogens is 513 g/mol. The van der Waals surface area contributed by atoms with E-state index < -0.39 is 29.4 Å². The Kier molecular flexibility index (Phi) is 7.30. The predicted molar refractivity (Wildman–Crippen MR) is 140 cm³/mol. The maximum atomic E-state index is 13.2. The van der Waals surface area contributed by atoms with Crippen molar-refractivity contribution in [2.75, 3.05) is 10.6 Å². The van der Waals surface area contributed by atoms with Gasteiger partial charge in [0.1, 0.15) is 34.3 Å². The Balaban J connectivity index is 1.67. The zero-order valence-corrected chi connectivity index (χ0v) is 21.2. The SMILES string of the molecule is CC(C)(C)n1nc(-c2ccc(NC(=O)Oc3ccccc3)cc2)c(C(N)=O)c1Nc1cccc(C(F)(F)F)n1. The zero-order valence-electron chi connectivity index (χ0n) is 21.2. The lowest BCUT2D eigenvalue weighted by atomic mass is 10.1. The minimum atomic E-state index is -4.65. The summed E-state index contributed by atoms with van der Waals surface area (Å²) >= 11 is 0. The lowest BCUT2D eigenvalue weighted by Crippen LogP contribution is -2.25. The van der Waals surface area contributed by atoms with Crippen molar-refractivity contribution in [2.24, 2.45) is 5.73 Å². The number of carbonyl (C=O) groups is 2. The topological polar surface area (TPSA) is 124 Å². The molecule has 0 bridgehead atoms. The highest BCUT2D eigenvalue weighted by Gasteiger charge is 2.33. The maximum absolute atomic E-state index is 13.2. The number of ether oxygens (including phenoxy) is 1. The molecule has 2 aromatic carbocycles. The first-order valence-electron chi connectivity index (χ1n) is 11.7. The van der Waals surface area contributed by atoms with Crippen LogP contribution in [0.5, 0.6) is 5.75 Å². The summed E-state index contributed by atoms with van der Waals surface area (Å²) in [6.07, 6.45) is -5.34. The molecule has 0 radical (unpaired) electrons. The number of para-hydroxylation sites is 1. The molecule has 0 fully saturated rings. The number of hydrogen-bond donors (Lipinski definition) is 3. The number of rotatable bonds is 6. The molecule has 0 aliphatic carbocycles. The van der Waals surface area contributed by atoms with Gasteiger partial charge in [0, 0.05) is 11.3 Å². The van der Waals surface area contributed by atoms with E-state index in [4.69, 9.17) is 10.5 Å². The quantitative estimate of drug-likeness (QED) is 0.270. The molecule has 2 amide bonds. The zero-order chi connectivity index (χ0) is 28.4. The summed E-state index contributed by atoms with van der Waals surface area (Å²) in [4.78, 5) is 28.4. The molecule has 0 spiro atoms. The summed E-state index contributed by atoms with van der Waals surface area (Å²) in [5.41, 5.74) is 5.00. The highest BCUT2D eigenvalue weighted by Crippen LogP contribution is 2.35. The van der Waals surface area contributed by atoms with E-state index in [1.54, 1.807) is 54.6 Å². The number of halogens is 3. The van der Waals surface area contributed by atoms with E-state index in [-0.39, 0.29) is 22.9 Å². The number of nitrogens with two attached hydrogens (primary N) is 1. The van der Waals surface area contributed by atoms with Crippen LogP contribution in [0.4, 0.5) is 35.3 Å². The van der Waals surface area contributed by atoms with E-state index in [0.29, 0.717) is 17.0 Å². The first kappa shape index (κ1) is 27.2. The molecule has 0 aliphatic rings. The van der Waals surface area contributed by atoms with Crippen LogP contribution in [0.2, 0.25) is 0 Å². The molecule has 12 heteroatoms. The Labute approximate surface area is 221 Å². The lowest BCUT2D eigenvalue weighted by Gasteiger charge is -2.23. The van der Waals surface area contributed by atoms with E-state index in [1.165, 1.54) is 16.8 Å². The molecule has 4 aromatic rings. The average molecular weight is 539 g/mol. The fourth-order valence-electron chi connectivity index (χ4n) is 3.69. The smallest absolute Gasteiger partial charge is 0.410 e. The Hall–Kier alpha value is -4.87. The van der Waals surface area contributed by atoms with E-state index in [0.717, 1.165) is 6.07 Å². The molecule has 4 N–H and O–H groups in total. The monoisotopic (exact) mass is 538 g/mol. The molecule has 4 rings (SSSR count). The minimum Gasteiger partial charge on any atom is -0.410 e. The van der Waals surface area contributed by atoms with Crippen molar-refractivity contribution in [3.63, 3.8) is 0 Å². The van der Waals surface area contributed by atoms with Gasteiger partial charge >= 0.3 is 12.3 Å². The van der Waals surface area contributed by atoms with Gasteiger partial charge in [-0.1, -0.05) is 36.4 Å². The highest BCUT2D eigenvalue weighted by atomic mass is 19.4. The second kappa shape index (κ2) is 10.5. The number of primary amides is 1. The van der Waals surface area contributed by atoms with Crippen molar-refractivity contribution < 1.29 is 27.5 Å². The van der Waals surface area contributed by atoms with Crippen LogP contribution in [0.15, 0.2) is 72.8 Å². The first-order valence-corrected chi connectivity index (χ1v) is 11.7. The number of nitrogens with zero attached hydrogens (tertiary/aromatic N) is 3. The maximum Gasteiger partial charge on any atom is 0.433 e. The molecular formula is C27H25F3N6O3. The molecule has 2 heterocycles. The van der Waals surface area contributed by atoms with Gasteiger partial charge in [0.2, 0.25) is 0 Å². The van der Waals surface area contributed by atoms with Crippen molar-refractivity contribution in [2.45, 2.75) is 32.5 Å². The summed E-state index contributed by atoms with van der Waals surface area (Å²) in [7, 11) is 0. The van der Waals surface area contributed by atoms with Gasteiger partial charge in [-0.15, -0.1) is 0 Å². The Morgan fingerprint density at radius 1 is 0.923 bits per heavy atom. The van der Waals surface area contributed by atoms with Crippen LogP contribution in [0, 0.1) is 0 Å². The van der Waals surface area contributed by atoms with Crippen molar-refractivity contribution in [1.82, 2.24) is 14.8 Å². The lowest BCUT2D eigenvalue weighted by molar-refractivity contribution is -0.141. The van der Waals surface area contributed by atoms with Crippen molar-refractivity contribution in [1.29, 1.82) is 0 Å². The molecule has 0 saturated heterocycles. The van der Waals surface area contributed by atoms with Gasteiger partial charge in [-0.05, 0) is 57.2 Å². The molecule has 202 valence electrons. The fraction of sp³-hybridized carbons (Fsp3) is 0.185. The van der Waals surface area contributed by atoms with Crippen LogP contribution in [-0.2, 0) is 11.7 Å². The average Bonchev–Trinajstić information content (AvgIpc) is 3.25. The molecule has 9 nitrogen and oxygen atoms in total. The van der Waals surface area contributed by atoms with Gasteiger partial charge in [0.05, 0.1) is 5.54 Å². The van der Waals surface area contributed by atoms with E-state index in [9.17, 15) is 22.8 Å². The normalized spacial score (nSPS) is 11.6. The molecule has 2 aromatic heterocycles. The van der Waals surface area contributed by atoms with Gasteiger partial charge in [0.15, 0.2) is 0 Å². The second-order valence-electron chi connectivity index (χ2n) is 9.45. The minimum absolute atomic E-state index is 0.0340. The van der Waals surface area contributed by atoms with Crippen LogP contribution in [0.1, 0.15) is 36.8 Å². The third-order valence-electron chi connectivity index (χ3n) is 5.41. The summed E-state index contributed by atoms with van der Waals surface area (Å²) in [6.45, 7) is 5.43. The first-order chi connectivity index (χ1) is 18.3. The number of hydrogen-bond acceptors (Lipinski definition) is 6. The van der Waals surface area contributed by atoms with Crippen LogP contribution < -0.4 is 21.1 Å². The van der Waals surface area contributed by atoms with E-state index in [1.807, 2.05) is 20.8 Å². The summed E-state index contributed by atoms with van der Waals surface area (Å²) in [6, 6.07) is 18.3. The van der Waals surface area contributed by atoms with Crippen molar-refractivity contribution in [3.8, 4) is 17.0 Å². The van der Waals surface area contributed by atoms with E-state index >= 15 is 0 Å². The summed E-state index contributed by atoms with van der Waals surface area (Å²) < 4.78 is 46.3. The number of alkyl halides is 3. The van der Waals surface area contributed by atoms with Gasteiger partial charge in [-0.3, -0.25) is 10.1 Å². The Morgan fingerprint density at radius 3 is 2.18 bits per heavy atom. The molecule has 39 heavy (non-hydrogen) atoms. The number of pyridine rings is 1. The predicted octanol–water partition coefficient (Wildman–Crippen LogP) is 6.17. The standard InChI is InChI=1S/C27H25F3N6O3/c1-26(2,3)36-24(34-20-11-7-10-19(33-20)27(28,29)30)21(23(31)37)22(35-36)16-12-14-17(15-13-16)32-25(38)39-18-8-5-4-6-9-18/h4-15H,1-3H3,(H2,31,37)(H,32,38)(H,33,34). The van der Waals surface area contributed by atoms with Crippen LogP contribution in [-0.4, -0.2) is 26.8 Å². The molecule has 0 atom stereocenters. The van der Waals surface area contributed by atoms with Gasteiger partial charge in [-0.2, -0.15) is 18.3 Å². The second-order valence-corrected chi connectivity index (χ2v) is 9.45. The number of nitrogens with one attached hydrogen (secondary N) is 2. The van der Waals surface area contributed by atoms with Crippen LogP contribution in [0.3, 0.4) is 0 Å². The van der Waals surface area contributed by atoms with Crippen molar-refractivity contribution >= 4 is 29.3 Å². The third kappa shape index (κ3) is 6.35. The van der Waals surface area contributed by atoms with Crippen molar-refractivity contribution in [3.05, 3.63) is 84.1 Å². The van der Waals surface area contributed by atoms with Gasteiger partial charge in [0.25, 0.3) is 5.91 Å². The summed E-state index contributed by atoms with van der Waals surface area (Å²) in [5.74, 6) is -0.518. The summed E-state index contributed by atoms with van der Waals surface area (Å²) in [5, 5.41) is 9.99. The molecule has 0 saturated carbocycles. The van der Waals surface area contributed by atoms with Gasteiger partial charge in [-0.25, -0.2) is 14.5 Å². The van der Waals surface area contributed by atoms with Crippen LogP contribution >= 0.6 is 0 Å². The number of amides is 2. The van der Waals surface area contributed by atoms with E-state index in [2.05, 4.69) is 20.7 Å². The largest absolute Gasteiger partial charge is 0.433 e. The van der Waals surface area contributed by atoms with Crippen LogP contribution in [0.25, 0.3) is 11.3 Å². The number of benzene rings is 2. The third-order valence-corrected chi connectivity index (χ3v) is 5.41. The van der Waals surface area contributed by atoms with Gasteiger partial charge < -0.3 is 15.8 Å². The molecule has 0 aliphatic heterocycles. The Morgan fingerprint density at radius 2 is 1.59 bits per heavy atom. The number of aromatic nitrogens is 3. The highest BCUT2D eigenvalue weighted by molar-refractivity contribution is 6.04. The Bertz CT molecular complexity index is 1490. The molecule has 0 unspecified atom stereocenters. The number of carbonyl (C=O) groups excluding carboxylic acids is 2.